The number of nitrogens with one attached hydrogen (secondary N) is 1. The maximum Gasteiger partial charge on any atom is 0.150 e. The molecule has 92 valence electrons. The Hall–Kier alpha value is -0.0900. The largest absolute Gasteiger partial charge is 0.314 e. The molecule has 0 aromatic carbocycles. The highest BCUT2D eigenvalue weighted by molar-refractivity contribution is 7.91. The predicted octanol–water partition coefficient (Wildman–Crippen LogP) is 1.98. The average molecular weight is 235 g/mol. The van der Waals surface area contributed by atoms with Crippen molar-refractivity contribution in [3.8, 4) is 0 Å². The third-order valence-corrected chi connectivity index (χ3v) is 4.32. The molecule has 0 aliphatic heterocycles. The second-order valence-electron chi connectivity index (χ2n) is 4.09. The minimum Gasteiger partial charge on any atom is -0.314 e. The summed E-state index contributed by atoms with van der Waals surface area (Å²) in [6.07, 6.45) is 4.01. The van der Waals surface area contributed by atoms with Crippen LogP contribution in [0.2, 0.25) is 0 Å². The zero-order valence-corrected chi connectivity index (χ0v) is 11.1. The van der Waals surface area contributed by atoms with Gasteiger partial charge in [-0.1, -0.05) is 20.3 Å². The lowest BCUT2D eigenvalue weighted by Crippen LogP contribution is -2.26. The molecule has 0 fully saturated rings. The normalized spacial score (nSPS) is 14.1. The van der Waals surface area contributed by atoms with Gasteiger partial charge in [0, 0.05) is 11.8 Å². The summed E-state index contributed by atoms with van der Waals surface area (Å²) in [6.45, 7) is 7.06. The summed E-state index contributed by atoms with van der Waals surface area (Å²) < 4.78 is 22.4. The Kier molecular flexibility index (Phi) is 8.06. The standard InChI is InChI=1S/C11H25NO2S/c1-4-9-12-11(3)8-6-7-10-15(13,14)5-2/h11-12H,4-10H2,1-3H3. The fourth-order valence-electron chi connectivity index (χ4n) is 1.41. The van der Waals surface area contributed by atoms with Gasteiger partial charge in [-0.2, -0.15) is 0 Å². The molecule has 0 spiro atoms. The van der Waals surface area contributed by atoms with E-state index in [2.05, 4.69) is 19.2 Å². The smallest absolute Gasteiger partial charge is 0.150 e. The number of hydrogen-bond acceptors (Lipinski definition) is 3. The molecule has 0 saturated carbocycles. The molecule has 0 aromatic heterocycles. The molecule has 0 rings (SSSR count). The topological polar surface area (TPSA) is 46.2 Å². The molecule has 0 aliphatic carbocycles. The quantitative estimate of drug-likeness (QED) is 0.622. The van der Waals surface area contributed by atoms with Crippen LogP contribution in [0.15, 0.2) is 0 Å². The number of unbranched alkanes of at least 4 members (excludes halogenated alkanes) is 1. The summed E-state index contributed by atoms with van der Waals surface area (Å²) in [5.41, 5.74) is 0. The van der Waals surface area contributed by atoms with Crippen molar-refractivity contribution in [1.29, 1.82) is 0 Å². The Morgan fingerprint density at radius 1 is 1.20 bits per heavy atom. The van der Waals surface area contributed by atoms with Crippen LogP contribution in [0, 0.1) is 0 Å². The van der Waals surface area contributed by atoms with Gasteiger partial charge in [0.25, 0.3) is 0 Å². The lowest BCUT2D eigenvalue weighted by molar-refractivity contribution is 0.494. The van der Waals surface area contributed by atoms with Crippen LogP contribution in [0.25, 0.3) is 0 Å². The van der Waals surface area contributed by atoms with E-state index in [9.17, 15) is 8.42 Å². The number of rotatable bonds is 9. The van der Waals surface area contributed by atoms with Crippen LogP contribution in [0.3, 0.4) is 0 Å². The van der Waals surface area contributed by atoms with Gasteiger partial charge in [0.05, 0.1) is 5.75 Å². The summed E-state index contributed by atoms with van der Waals surface area (Å²) in [6, 6.07) is 0.509. The molecule has 0 aliphatic rings. The molecule has 15 heavy (non-hydrogen) atoms. The molecule has 0 amide bonds. The summed E-state index contributed by atoms with van der Waals surface area (Å²) >= 11 is 0. The maximum absolute atomic E-state index is 11.2. The van der Waals surface area contributed by atoms with Gasteiger partial charge in [-0.15, -0.1) is 0 Å². The molecule has 0 radical (unpaired) electrons. The molecule has 0 heterocycles. The molecule has 0 saturated heterocycles. The van der Waals surface area contributed by atoms with Crippen molar-refractivity contribution in [2.24, 2.45) is 0 Å². The Morgan fingerprint density at radius 3 is 2.40 bits per heavy atom. The first kappa shape index (κ1) is 14.9. The zero-order valence-electron chi connectivity index (χ0n) is 10.3. The van der Waals surface area contributed by atoms with Crippen molar-refractivity contribution in [1.82, 2.24) is 5.32 Å². The highest BCUT2D eigenvalue weighted by Gasteiger charge is 2.07. The molecular weight excluding hydrogens is 210 g/mol. The van der Waals surface area contributed by atoms with Gasteiger partial charge < -0.3 is 5.32 Å². The first-order valence-corrected chi connectivity index (χ1v) is 7.77. The first-order chi connectivity index (χ1) is 7.02. The van der Waals surface area contributed by atoms with Gasteiger partial charge in [0.15, 0.2) is 0 Å². The van der Waals surface area contributed by atoms with Gasteiger partial charge in [-0.25, -0.2) is 8.42 Å². The summed E-state index contributed by atoms with van der Waals surface area (Å²) in [5.74, 6) is 0.626. The van der Waals surface area contributed by atoms with Crippen LogP contribution in [-0.2, 0) is 9.84 Å². The van der Waals surface area contributed by atoms with E-state index < -0.39 is 9.84 Å². The Bertz CT molecular complexity index is 237. The highest BCUT2D eigenvalue weighted by Crippen LogP contribution is 2.03. The molecule has 3 nitrogen and oxygen atoms in total. The number of sulfone groups is 1. The molecule has 0 bridgehead atoms. The highest BCUT2D eigenvalue weighted by atomic mass is 32.2. The fourth-order valence-corrected chi connectivity index (χ4v) is 2.34. The monoisotopic (exact) mass is 235 g/mol. The number of hydrogen-bond donors (Lipinski definition) is 1. The zero-order chi connectivity index (χ0) is 11.7. The van der Waals surface area contributed by atoms with E-state index in [-0.39, 0.29) is 5.75 Å². The molecular formula is C11H25NO2S. The predicted molar refractivity (Wildman–Crippen MR) is 65.9 cm³/mol. The van der Waals surface area contributed by atoms with Gasteiger partial charge in [0.1, 0.15) is 9.84 Å². The van der Waals surface area contributed by atoms with Crippen LogP contribution in [0.4, 0.5) is 0 Å². The lowest BCUT2D eigenvalue weighted by atomic mass is 10.1. The second-order valence-corrected chi connectivity index (χ2v) is 6.56. The Balaban J connectivity index is 3.46. The van der Waals surface area contributed by atoms with Gasteiger partial charge >= 0.3 is 0 Å². The fraction of sp³-hybridized carbons (Fsp3) is 1.00. The van der Waals surface area contributed by atoms with Crippen molar-refractivity contribution in [2.45, 2.75) is 52.5 Å². The van der Waals surface area contributed by atoms with Gasteiger partial charge in [-0.05, 0) is 32.7 Å². The Morgan fingerprint density at radius 2 is 1.87 bits per heavy atom. The summed E-state index contributed by atoms with van der Waals surface area (Å²) in [7, 11) is -2.75. The van der Waals surface area contributed by atoms with Gasteiger partial charge in [0.2, 0.25) is 0 Å². The SMILES string of the molecule is CCCNC(C)CCCCS(=O)(=O)CC. The van der Waals surface area contributed by atoms with E-state index in [1.54, 1.807) is 6.92 Å². The minimum atomic E-state index is -2.75. The maximum atomic E-state index is 11.2. The molecule has 0 aromatic rings. The third kappa shape index (κ3) is 8.88. The van der Waals surface area contributed by atoms with Crippen molar-refractivity contribution in [3.63, 3.8) is 0 Å². The first-order valence-electron chi connectivity index (χ1n) is 5.95. The van der Waals surface area contributed by atoms with E-state index in [0.717, 1.165) is 32.2 Å². The average Bonchev–Trinajstić information content (AvgIpc) is 2.21. The van der Waals surface area contributed by atoms with Gasteiger partial charge in [-0.3, -0.25) is 0 Å². The van der Waals surface area contributed by atoms with E-state index >= 15 is 0 Å². The molecule has 1 atom stereocenters. The third-order valence-electron chi connectivity index (χ3n) is 2.53. The van der Waals surface area contributed by atoms with Crippen molar-refractivity contribution in [2.75, 3.05) is 18.1 Å². The Labute approximate surface area is 94.6 Å². The molecule has 1 N–H and O–H groups in total. The summed E-state index contributed by atoms with van der Waals surface area (Å²) in [4.78, 5) is 0. The van der Waals surface area contributed by atoms with Crippen LogP contribution < -0.4 is 5.32 Å². The minimum absolute atomic E-state index is 0.274. The molecule has 1 unspecified atom stereocenters. The van der Waals surface area contributed by atoms with Crippen molar-refractivity contribution in [3.05, 3.63) is 0 Å². The molecule has 4 heteroatoms. The van der Waals surface area contributed by atoms with Crippen LogP contribution in [0.1, 0.15) is 46.5 Å². The van der Waals surface area contributed by atoms with E-state index in [4.69, 9.17) is 0 Å². The summed E-state index contributed by atoms with van der Waals surface area (Å²) in [5, 5.41) is 3.39. The second kappa shape index (κ2) is 8.11. The van der Waals surface area contributed by atoms with E-state index in [1.807, 2.05) is 0 Å². The van der Waals surface area contributed by atoms with Crippen LogP contribution in [0.5, 0.6) is 0 Å². The van der Waals surface area contributed by atoms with Crippen LogP contribution in [-0.4, -0.2) is 32.5 Å². The van der Waals surface area contributed by atoms with E-state index in [0.29, 0.717) is 11.8 Å². The lowest BCUT2D eigenvalue weighted by Gasteiger charge is -2.12. The van der Waals surface area contributed by atoms with Crippen LogP contribution >= 0.6 is 0 Å². The van der Waals surface area contributed by atoms with E-state index in [1.165, 1.54) is 0 Å². The van der Waals surface area contributed by atoms with Crippen molar-refractivity contribution >= 4 is 9.84 Å². The van der Waals surface area contributed by atoms with Crippen molar-refractivity contribution < 1.29 is 8.42 Å².